The van der Waals surface area contributed by atoms with E-state index in [2.05, 4.69) is 4.74 Å². The molecule has 0 saturated heterocycles. The number of ether oxygens (including phenoxy) is 1. The van der Waals surface area contributed by atoms with Gasteiger partial charge < -0.3 is 19.1 Å². The number of halogens is 17. The Balaban J connectivity index is 0.0000144. The summed E-state index contributed by atoms with van der Waals surface area (Å²) in [6, 6.07) is -1.75. The van der Waals surface area contributed by atoms with Crippen LogP contribution in [-0.4, -0.2) is 46.6 Å². The van der Waals surface area contributed by atoms with E-state index in [0.29, 0.717) is 24.3 Å². The summed E-state index contributed by atoms with van der Waals surface area (Å²) in [5.74, 6) is -55.9. The van der Waals surface area contributed by atoms with E-state index in [0.717, 1.165) is 0 Å². The van der Waals surface area contributed by atoms with Gasteiger partial charge in [-0.3, -0.25) is 0 Å². The zero-order valence-corrected chi connectivity index (χ0v) is 21.0. The molecule has 0 heterocycles. The van der Waals surface area contributed by atoms with Crippen molar-refractivity contribution in [2.24, 2.45) is 0 Å². The van der Waals surface area contributed by atoms with Gasteiger partial charge in [0.15, 0.2) is 0 Å². The summed E-state index contributed by atoms with van der Waals surface area (Å²) in [6.07, 6.45) is -8.93. The topological polar surface area (TPSA) is 69.6 Å². The maximum atomic E-state index is 13.7. The van der Waals surface area contributed by atoms with Crippen LogP contribution in [0.2, 0.25) is 0 Å². The van der Waals surface area contributed by atoms with Crippen LogP contribution in [0.15, 0.2) is 36.1 Å². The van der Waals surface area contributed by atoms with E-state index in [9.17, 15) is 84.1 Å². The molecule has 0 aliphatic rings. The molecule has 220 valence electrons. The van der Waals surface area contributed by atoms with Crippen LogP contribution < -0.4 is 39.2 Å². The summed E-state index contributed by atoms with van der Waals surface area (Å²) in [5.41, 5.74) is -0.349. The third kappa shape index (κ3) is 6.63. The fourth-order valence-corrected chi connectivity index (χ4v) is 2.94. The van der Waals surface area contributed by atoms with Crippen LogP contribution in [0.1, 0.15) is 5.56 Å². The van der Waals surface area contributed by atoms with Crippen molar-refractivity contribution in [1.29, 1.82) is 0 Å². The zero-order valence-electron chi connectivity index (χ0n) is 18.1. The Morgan fingerprint density at radius 2 is 1.08 bits per heavy atom. The van der Waals surface area contributed by atoms with Gasteiger partial charge in [-0.1, -0.05) is 12.1 Å². The summed E-state index contributed by atoms with van der Waals surface area (Å²) in [6.45, 7) is 0. The molecule has 1 unspecified atom stereocenters. The summed E-state index contributed by atoms with van der Waals surface area (Å²) >= 11 is 0. The molecule has 1 N–H and O–H groups in total. The number of hydrogen-bond acceptors (Lipinski definition) is 3. The fraction of sp³-hybridized carbons (Fsp3) is 0.500. The Hall–Kier alpha value is -1.28. The standard InChI is InChI=1S/C16H8F17O4P.Na/c17-8(9(18)37-7-3-1-6(2-4-7)5-38(34,35)36)10(19,20)11(21,22)12(23,24)13(25,26)14(27,28)15(29,30)16(31,32)33;/h1-4H,5H2,(H2,34,35,36);/q;+1/p-1. The van der Waals surface area contributed by atoms with Crippen molar-refractivity contribution in [2.75, 3.05) is 0 Å². The first-order valence-corrected chi connectivity index (χ1v) is 10.4. The van der Waals surface area contributed by atoms with Crippen LogP contribution in [0.3, 0.4) is 0 Å². The van der Waals surface area contributed by atoms with Crippen molar-refractivity contribution in [3.63, 3.8) is 0 Å². The Bertz CT molecular complexity index is 1090. The molecule has 4 nitrogen and oxygen atoms in total. The van der Waals surface area contributed by atoms with E-state index < -0.39 is 73.1 Å². The van der Waals surface area contributed by atoms with Gasteiger partial charge >= 0.3 is 77.3 Å². The van der Waals surface area contributed by atoms with Crippen molar-refractivity contribution in [3.05, 3.63) is 41.7 Å². The van der Waals surface area contributed by atoms with Gasteiger partial charge in [0.2, 0.25) is 5.83 Å². The largest absolute Gasteiger partial charge is 1.00 e. The van der Waals surface area contributed by atoms with Gasteiger partial charge in [-0.15, -0.1) is 0 Å². The van der Waals surface area contributed by atoms with Crippen LogP contribution in [0, 0.1) is 0 Å². The molecule has 1 aromatic carbocycles. The van der Waals surface area contributed by atoms with Gasteiger partial charge in [0, 0.05) is 6.16 Å². The quantitative estimate of drug-likeness (QED) is 0.184. The van der Waals surface area contributed by atoms with Crippen LogP contribution in [-0.2, 0) is 10.7 Å². The van der Waals surface area contributed by atoms with Gasteiger partial charge in [0.1, 0.15) is 13.3 Å². The molecule has 23 heteroatoms. The van der Waals surface area contributed by atoms with Crippen LogP contribution in [0.5, 0.6) is 5.75 Å². The zero-order chi connectivity index (χ0) is 30.6. The second-order valence-electron chi connectivity index (χ2n) is 7.07. The van der Waals surface area contributed by atoms with Gasteiger partial charge in [-0.2, -0.15) is 74.6 Å². The minimum atomic E-state index is -8.69. The maximum absolute atomic E-state index is 13.7. The van der Waals surface area contributed by atoms with Crippen LogP contribution in [0.25, 0.3) is 0 Å². The van der Waals surface area contributed by atoms with E-state index >= 15 is 0 Å². The molecule has 1 aromatic rings. The minimum Gasteiger partial charge on any atom is -0.778 e. The molecule has 0 spiro atoms. The molecule has 0 aliphatic carbocycles. The van der Waals surface area contributed by atoms with Crippen LogP contribution in [0.4, 0.5) is 74.6 Å². The fourth-order valence-electron chi connectivity index (χ4n) is 2.27. The average Bonchev–Trinajstić information content (AvgIpc) is 2.71. The molecule has 0 fully saturated rings. The minimum absolute atomic E-state index is 0. The first-order valence-electron chi connectivity index (χ1n) is 8.68. The maximum Gasteiger partial charge on any atom is 1.00 e. The Kier molecular flexibility index (Phi) is 10.8. The second-order valence-corrected chi connectivity index (χ2v) is 8.66. The van der Waals surface area contributed by atoms with Crippen LogP contribution >= 0.6 is 7.60 Å². The monoisotopic (exact) mass is 640 g/mol. The summed E-state index contributed by atoms with van der Waals surface area (Å²) in [7, 11) is -4.96. The summed E-state index contributed by atoms with van der Waals surface area (Å²) in [5, 5.41) is 0. The number of alkyl halides is 15. The van der Waals surface area contributed by atoms with E-state index in [1.165, 1.54) is 0 Å². The number of allylic oxidation sites excluding steroid dienone is 1. The first kappa shape index (κ1) is 37.7. The van der Waals surface area contributed by atoms with Crippen molar-refractivity contribution in [3.8, 4) is 5.75 Å². The molecule has 0 saturated carbocycles. The number of rotatable bonds is 10. The molecule has 0 radical (unpaired) electrons. The Labute approximate surface area is 226 Å². The third-order valence-corrected chi connectivity index (χ3v) is 5.05. The normalized spacial score (nSPS) is 16.7. The predicted molar refractivity (Wildman–Crippen MR) is 85.6 cm³/mol. The second kappa shape index (κ2) is 11.2. The Morgan fingerprint density at radius 3 is 1.44 bits per heavy atom. The van der Waals surface area contributed by atoms with Gasteiger partial charge in [0.25, 0.3) is 0 Å². The smallest absolute Gasteiger partial charge is 0.778 e. The van der Waals surface area contributed by atoms with Crippen molar-refractivity contribution < 1.29 is 123 Å². The summed E-state index contributed by atoms with van der Waals surface area (Å²) < 4.78 is 238. The molecule has 0 aromatic heterocycles. The molecule has 1 atom stereocenters. The Morgan fingerprint density at radius 1 is 0.718 bits per heavy atom. The first-order chi connectivity index (χ1) is 16.5. The van der Waals surface area contributed by atoms with Crippen molar-refractivity contribution in [2.45, 2.75) is 47.9 Å². The molecule has 0 bridgehead atoms. The average molecular weight is 640 g/mol. The number of benzene rings is 1. The molecular weight excluding hydrogens is 633 g/mol. The summed E-state index contributed by atoms with van der Waals surface area (Å²) in [4.78, 5) is 19.3. The van der Waals surface area contributed by atoms with Gasteiger partial charge in [0.05, 0.1) is 0 Å². The van der Waals surface area contributed by atoms with E-state index in [1.54, 1.807) is 0 Å². The number of hydrogen-bond donors (Lipinski definition) is 1. The third-order valence-electron chi connectivity index (χ3n) is 4.29. The molecule has 39 heavy (non-hydrogen) atoms. The predicted octanol–water partition coefficient (Wildman–Crippen LogP) is 3.60. The molecule has 0 amide bonds. The van der Waals surface area contributed by atoms with Crippen molar-refractivity contribution >= 4 is 7.60 Å². The van der Waals surface area contributed by atoms with Gasteiger partial charge in [-0.25, -0.2) is 0 Å². The molecular formula is C16H7F17NaO4P. The van der Waals surface area contributed by atoms with Gasteiger partial charge in [-0.05, 0) is 17.7 Å². The van der Waals surface area contributed by atoms with Crippen molar-refractivity contribution in [1.82, 2.24) is 0 Å². The molecule has 0 aliphatic heterocycles. The molecule has 1 rings (SSSR count). The van der Waals surface area contributed by atoms with E-state index in [1.807, 2.05) is 0 Å². The van der Waals surface area contributed by atoms with E-state index in [4.69, 9.17) is 4.89 Å². The van der Waals surface area contributed by atoms with E-state index in [-0.39, 0.29) is 35.1 Å². The SMILES string of the molecule is O=P([O-])(O)Cc1ccc(OC(F)=C(F)C(F)(F)C(F)(F)C(F)(F)C(F)(F)C(F)(F)C(F)(F)C(F)(F)F)cc1.[Na+].